The lowest BCUT2D eigenvalue weighted by molar-refractivity contribution is 0.0955. The molecule has 0 radical (unpaired) electrons. The molecule has 3 N–H and O–H groups in total. The number of hydrogen-bond acceptors (Lipinski definition) is 6. The number of nitrogens with two attached hydrogens (primary N) is 1. The Kier molecular flexibility index (Phi) is 7.37. The molecule has 0 saturated carbocycles. The van der Waals surface area contributed by atoms with E-state index in [1.165, 1.54) is 23.9 Å². The fraction of sp³-hybridized carbons (Fsp3) is 0.308. The molecule has 34 heavy (non-hydrogen) atoms. The standard InChI is InChI=1S/C26H30N6O2/c1-3-4-5-6-11-16-28-26(33)22-23-25(31-20-14-9-8-13-19(20)30-23)32(24(22)27)29-17-18-12-7-10-15-21(18)34-2/h7-10,12-15,17H,3-6,11,16,27H2,1-2H3,(H,28,33)/b29-17-. The van der Waals surface area contributed by atoms with Crippen molar-refractivity contribution in [1.82, 2.24) is 20.0 Å². The van der Waals surface area contributed by atoms with Crippen molar-refractivity contribution < 1.29 is 9.53 Å². The van der Waals surface area contributed by atoms with Gasteiger partial charge in [-0.1, -0.05) is 56.9 Å². The van der Waals surface area contributed by atoms with Crippen molar-refractivity contribution in [1.29, 1.82) is 0 Å². The topological polar surface area (TPSA) is 107 Å². The number of hydrogen-bond donors (Lipinski definition) is 2. The Morgan fingerprint density at radius 2 is 1.76 bits per heavy atom. The molecule has 0 spiro atoms. The van der Waals surface area contributed by atoms with Crippen LogP contribution < -0.4 is 15.8 Å². The van der Waals surface area contributed by atoms with Gasteiger partial charge in [-0.2, -0.15) is 9.78 Å². The molecule has 0 saturated heterocycles. The second-order valence-corrected chi connectivity index (χ2v) is 8.11. The van der Waals surface area contributed by atoms with Crippen LogP contribution in [0.1, 0.15) is 54.9 Å². The molecule has 0 fully saturated rings. The van der Waals surface area contributed by atoms with E-state index in [1.807, 2.05) is 48.5 Å². The molecule has 4 rings (SSSR count). The first-order valence-electron chi connectivity index (χ1n) is 11.7. The van der Waals surface area contributed by atoms with Crippen LogP contribution in [0.25, 0.3) is 22.2 Å². The van der Waals surface area contributed by atoms with Crippen LogP contribution in [0.15, 0.2) is 53.6 Å². The van der Waals surface area contributed by atoms with Gasteiger partial charge >= 0.3 is 0 Å². The number of methoxy groups -OCH3 is 1. The maximum Gasteiger partial charge on any atom is 0.257 e. The average molecular weight is 459 g/mol. The van der Waals surface area contributed by atoms with Gasteiger partial charge in [-0.15, -0.1) is 0 Å². The molecule has 4 aromatic rings. The van der Waals surface area contributed by atoms with Crippen LogP contribution >= 0.6 is 0 Å². The molecule has 0 bridgehead atoms. The first-order chi connectivity index (χ1) is 16.6. The summed E-state index contributed by atoms with van der Waals surface area (Å²) in [7, 11) is 1.61. The van der Waals surface area contributed by atoms with E-state index in [-0.39, 0.29) is 11.7 Å². The van der Waals surface area contributed by atoms with Crippen molar-refractivity contribution in [2.24, 2.45) is 5.10 Å². The van der Waals surface area contributed by atoms with Crippen molar-refractivity contribution in [3.05, 3.63) is 59.7 Å². The monoisotopic (exact) mass is 458 g/mol. The predicted molar refractivity (Wildman–Crippen MR) is 137 cm³/mol. The first kappa shape index (κ1) is 23.2. The smallest absolute Gasteiger partial charge is 0.257 e. The van der Waals surface area contributed by atoms with Gasteiger partial charge in [0.2, 0.25) is 0 Å². The zero-order chi connectivity index (χ0) is 23.9. The van der Waals surface area contributed by atoms with Gasteiger partial charge in [-0.05, 0) is 30.7 Å². The van der Waals surface area contributed by atoms with Gasteiger partial charge in [0.25, 0.3) is 5.91 Å². The summed E-state index contributed by atoms with van der Waals surface area (Å²) < 4.78 is 6.88. The minimum Gasteiger partial charge on any atom is -0.496 e. The van der Waals surface area contributed by atoms with Crippen LogP contribution in [0, 0.1) is 0 Å². The summed E-state index contributed by atoms with van der Waals surface area (Å²) in [5, 5.41) is 7.55. The third-order valence-electron chi connectivity index (χ3n) is 5.72. The number of carbonyl (C=O) groups excluding carboxylic acids is 1. The maximum atomic E-state index is 13.1. The van der Waals surface area contributed by atoms with Crippen molar-refractivity contribution in [3.63, 3.8) is 0 Å². The highest BCUT2D eigenvalue weighted by Crippen LogP contribution is 2.28. The van der Waals surface area contributed by atoms with Crippen LogP contribution in [0.5, 0.6) is 5.75 Å². The third-order valence-corrected chi connectivity index (χ3v) is 5.72. The fourth-order valence-corrected chi connectivity index (χ4v) is 3.90. The number of nitrogen functional groups attached to an aromatic ring is 1. The summed E-state index contributed by atoms with van der Waals surface area (Å²) >= 11 is 0. The highest BCUT2D eigenvalue weighted by atomic mass is 16.5. The summed E-state index contributed by atoms with van der Waals surface area (Å²) in [6, 6.07) is 15.0. The van der Waals surface area contributed by atoms with Crippen LogP contribution in [0.4, 0.5) is 5.82 Å². The number of fused-ring (bicyclic) bond motifs is 2. The summed E-state index contributed by atoms with van der Waals surface area (Å²) in [6.45, 7) is 2.77. The number of carbonyl (C=O) groups is 1. The lowest BCUT2D eigenvalue weighted by atomic mass is 10.1. The number of nitrogens with one attached hydrogen (secondary N) is 1. The Hall–Kier alpha value is -3.94. The summed E-state index contributed by atoms with van der Waals surface area (Å²) in [6.07, 6.45) is 7.21. The van der Waals surface area contributed by atoms with Crippen LogP contribution in [-0.2, 0) is 0 Å². The van der Waals surface area contributed by atoms with Gasteiger partial charge in [0.1, 0.15) is 22.6 Å². The average Bonchev–Trinajstić information content (AvgIpc) is 3.13. The molecular weight excluding hydrogens is 428 g/mol. The Labute approximate surface area is 198 Å². The number of aromatic nitrogens is 3. The van der Waals surface area contributed by atoms with Crippen molar-refractivity contribution in [2.45, 2.75) is 39.0 Å². The number of anilines is 1. The SMILES string of the molecule is CCCCCCCNC(=O)c1c(N)n(/N=C\c2ccccc2OC)c2nc3ccccc3nc12. The van der Waals surface area contributed by atoms with Crippen LogP contribution in [0.3, 0.4) is 0 Å². The number of para-hydroxylation sites is 3. The molecule has 0 atom stereocenters. The van der Waals surface area contributed by atoms with Gasteiger partial charge in [0.05, 0.1) is 24.4 Å². The highest BCUT2D eigenvalue weighted by Gasteiger charge is 2.23. The number of amides is 1. The predicted octanol–water partition coefficient (Wildman–Crippen LogP) is 4.76. The highest BCUT2D eigenvalue weighted by molar-refractivity contribution is 6.10. The molecule has 1 amide bonds. The van der Waals surface area contributed by atoms with E-state index in [1.54, 1.807) is 13.3 Å². The molecule has 2 aromatic carbocycles. The normalized spacial score (nSPS) is 11.5. The maximum absolute atomic E-state index is 13.1. The zero-order valence-electron chi connectivity index (χ0n) is 19.6. The van der Waals surface area contributed by atoms with E-state index in [4.69, 9.17) is 20.4 Å². The van der Waals surface area contributed by atoms with Crippen LogP contribution in [0.2, 0.25) is 0 Å². The van der Waals surface area contributed by atoms with Gasteiger partial charge in [-0.25, -0.2) is 9.97 Å². The number of unbranched alkanes of at least 4 members (excludes halogenated alkanes) is 4. The summed E-state index contributed by atoms with van der Waals surface area (Å²) in [4.78, 5) is 22.6. The quantitative estimate of drug-likeness (QED) is 0.263. The number of ether oxygens (including phenoxy) is 1. The Bertz CT molecular complexity index is 1330. The van der Waals surface area contributed by atoms with E-state index >= 15 is 0 Å². The van der Waals surface area contributed by atoms with Crippen molar-refractivity contribution >= 4 is 40.1 Å². The molecular formula is C26H30N6O2. The second-order valence-electron chi connectivity index (χ2n) is 8.11. The van der Waals surface area contributed by atoms with Crippen LogP contribution in [-0.4, -0.2) is 40.4 Å². The fourth-order valence-electron chi connectivity index (χ4n) is 3.90. The zero-order valence-corrected chi connectivity index (χ0v) is 19.6. The minimum atomic E-state index is -0.270. The van der Waals surface area contributed by atoms with E-state index in [0.717, 1.165) is 18.4 Å². The molecule has 2 heterocycles. The number of benzene rings is 2. The van der Waals surface area contributed by atoms with Gasteiger partial charge in [0, 0.05) is 12.1 Å². The molecule has 8 heteroatoms. The molecule has 0 aliphatic heterocycles. The third kappa shape index (κ3) is 4.85. The minimum absolute atomic E-state index is 0.194. The van der Waals surface area contributed by atoms with E-state index in [0.29, 0.717) is 40.1 Å². The molecule has 8 nitrogen and oxygen atoms in total. The van der Waals surface area contributed by atoms with E-state index in [2.05, 4.69) is 17.3 Å². The Balaban J connectivity index is 1.72. The molecule has 0 unspecified atom stereocenters. The Morgan fingerprint density at radius 3 is 2.53 bits per heavy atom. The van der Waals surface area contributed by atoms with E-state index in [9.17, 15) is 4.79 Å². The summed E-state index contributed by atoms with van der Waals surface area (Å²) in [5.41, 5.74) is 9.77. The Morgan fingerprint density at radius 1 is 1.06 bits per heavy atom. The lowest BCUT2D eigenvalue weighted by Gasteiger charge is -2.06. The summed E-state index contributed by atoms with van der Waals surface area (Å²) in [5.74, 6) is 0.604. The first-order valence-corrected chi connectivity index (χ1v) is 11.7. The lowest BCUT2D eigenvalue weighted by Crippen LogP contribution is -2.25. The van der Waals surface area contributed by atoms with Crippen molar-refractivity contribution in [2.75, 3.05) is 19.4 Å². The number of nitrogens with zero attached hydrogens (tertiary/aromatic N) is 4. The molecule has 0 aliphatic rings. The number of rotatable bonds is 10. The second kappa shape index (κ2) is 10.8. The van der Waals surface area contributed by atoms with E-state index < -0.39 is 0 Å². The molecule has 0 aliphatic carbocycles. The largest absolute Gasteiger partial charge is 0.496 e. The van der Waals surface area contributed by atoms with Gasteiger partial charge < -0.3 is 15.8 Å². The van der Waals surface area contributed by atoms with Gasteiger partial charge in [-0.3, -0.25) is 4.79 Å². The molecule has 2 aromatic heterocycles. The molecule has 176 valence electrons. The van der Waals surface area contributed by atoms with Gasteiger partial charge in [0.15, 0.2) is 5.65 Å². The van der Waals surface area contributed by atoms with Crippen molar-refractivity contribution in [3.8, 4) is 5.75 Å².